The first-order valence-electron chi connectivity index (χ1n) is 6.98. The molecule has 0 bridgehead atoms. The Morgan fingerprint density at radius 1 is 0.926 bits per heavy atom. The van der Waals surface area contributed by atoms with Gasteiger partial charge in [-0.15, -0.1) is 0 Å². The first kappa shape index (κ1) is 21.0. The van der Waals surface area contributed by atoms with Crippen LogP contribution in [0.5, 0.6) is 0 Å². The van der Waals surface area contributed by atoms with Gasteiger partial charge in [0.05, 0.1) is 5.56 Å². The molecule has 2 rings (SSSR count). The third-order valence-electron chi connectivity index (χ3n) is 3.58. The summed E-state index contributed by atoms with van der Waals surface area (Å²) in [7, 11) is -5.84. The van der Waals surface area contributed by atoms with Crippen LogP contribution in [0.15, 0.2) is 42.5 Å². The maximum Gasteiger partial charge on any atom is 0.438 e. The molecule has 0 saturated heterocycles. The summed E-state index contributed by atoms with van der Waals surface area (Å²) in [5, 5.41) is 0.321. The zero-order chi connectivity index (χ0) is 20.7. The fourth-order valence-electron chi connectivity index (χ4n) is 2.34. The van der Waals surface area contributed by atoms with Gasteiger partial charge < -0.3 is 4.74 Å². The fraction of sp³-hybridized carbons (Fsp3) is 0.267. The molecular formula is C15H10F6O5S. The Labute approximate surface area is 148 Å². The third kappa shape index (κ3) is 4.16. The van der Waals surface area contributed by atoms with Crippen LogP contribution in [0.25, 0.3) is 10.8 Å². The second kappa shape index (κ2) is 6.68. The Morgan fingerprint density at radius 2 is 1.44 bits per heavy atom. The van der Waals surface area contributed by atoms with E-state index in [-0.39, 0.29) is 5.39 Å². The van der Waals surface area contributed by atoms with Crippen molar-refractivity contribution in [2.75, 3.05) is 5.75 Å². The van der Waals surface area contributed by atoms with Crippen molar-refractivity contribution in [3.8, 4) is 0 Å². The van der Waals surface area contributed by atoms with Gasteiger partial charge >= 0.3 is 23.9 Å². The van der Waals surface area contributed by atoms with Gasteiger partial charge in [-0.2, -0.15) is 34.8 Å². The minimum absolute atomic E-state index is 0.00453. The zero-order valence-corrected chi connectivity index (χ0v) is 13.8. The molecule has 0 heterocycles. The van der Waals surface area contributed by atoms with Gasteiger partial charge in [0, 0.05) is 0 Å². The molecule has 0 aliphatic rings. The quantitative estimate of drug-likeness (QED) is 0.467. The van der Waals surface area contributed by atoms with E-state index in [1.54, 1.807) is 0 Å². The predicted octanol–water partition coefficient (Wildman–Crippen LogP) is 3.75. The molecule has 2 aromatic carbocycles. The van der Waals surface area contributed by atoms with E-state index in [1.165, 1.54) is 36.4 Å². The molecular weight excluding hydrogens is 406 g/mol. The van der Waals surface area contributed by atoms with Gasteiger partial charge in [-0.3, -0.25) is 4.55 Å². The second-order valence-electron chi connectivity index (χ2n) is 5.47. The average Bonchev–Trinajstić information content (AvgIpc) is 2.50. The number of carbonyl (C=O) groups is 1. The van der Waals surface area contributed by atoms with Crippen molar-refractivity contribution in [3.63, 3.8) is 0 Å². The van der Waals surface area contributed by atoms with Crippen LogP contribution in [-0.4, -0.2) is 42.6 Å². The number of esters is 1. The summed E-state index contributed by atoms with van der Waals surface area (Å²) in [6.45, 7) is 0. The van der Waals surface area contributed by atoms with Crippen molar-refractivity contribution < 1.29 is 48.8 Å². The highest BCUT2D eigenvalue weighted by molar-refractivity contribution is 7.85. The topological polar surface area (TPSA) is 80.7 Å². The maximum atomic E-state index is 13.2. The first-order chi connectivity index (χ1) is 12.2. The molecule has 0 fully saturated rings. The van der Waals surface area contributed by atoms with Gasteiger partial charge in [0.15, 0.2) is 0 Å². The molecule has 2 aromatic rings. The Kier molecular flexibility index (Phi) is 5.18. The SMILES string of the molecule is O=C(OC(CS(=O)(=O)O)(C(F)(F)F)C(F)(F)F)c1cccc2ccccc12. The molecule has 0 radical (unpaired) electrons. The number of hydrogen-bond donors (Lipinski definition) is 1. The zero-order valence-electron chi connectivity index (χ0n) is 13.0. The molecule has 0 saturated carbocycles. The molecule has 0 unspecified atom stereocenters. The normalized spacial score (nSPS) is 13.6. The molecule has 1 N–H and O–H groups in total. The molecule has 12 heteroatoms. The third-order valence-corrected chi connectivity index (χ3v) is 4.35. The van der Waals surface area contributed by atoms with Crippen molar-refractivity contribution in [3.05, 3.63) is 48.0 Å². The standard InChI is InChI=1S/C15H10F6O5S/c16-14(17,18)13(15(19,20)21,8-27(23,24)25)26-12(22)11-7-3-5-9-4-1-2-6-10(9)11/h1-7H,8H2,(H,23,24,25). The Morgan fingerprint density at radius 3 is 1.96 bits per heavy atom. The molecule has 0 spiro atoms. The molecule has 0 amide bonds. The lowest BCUT2D eigenvalue weighted by molar-refractivity contribution is -0.356. The summed E-state index contributed by atoms with van der Waals surface area (Å²) in [4.78, 5) is 12.2. The molecule has 27 heavy (non-hydrogen) atoms. The van der Waals surface area contributed by atoms with E-state index in [1.807, 2.05) is 0 Å². The second-order valence-corrected chi connectivity index (χ2v) is 6.92. The van der Waals surface area contributed by atoms with Gasteiger partial charge in [0.25, 0.3) is 10.1 Å². The number of halogens is 6. The first-order valence-corrected chi connectivity index (χ1v) is 8.58. The number of fused-ring (bicyclic) bond motifs is 1. The highest BCUT2D eigenvalue weighted by atomic mass is 32.2. The summed E-state index contributed by atoms with van der Waals surface area (Å²) in [6, 6.07) is 9.19. The number of ether oxygens (including phenoxy) is 1. The van der Waals surface area contributed by atoms with Gasteiger partial charge in [-0.05, 0) is 16.8 Å². The van der Waals surface area contributed by atoms with Crippen molar-refractivity contribution >= 4 is 26.9 Å². The van der Waals surface area contributed by atoms with Gasteiger partial charge in [-0.25, -0.2) is 4.79 Å². The van der Waals surface area contributed by atoms with Crippen LogP contribution in [0.4, 0.5) is 26.3 Å². The maximum absolute atomic E-state index is 13.2. The number of hydrogen-bond acceptors (Lipinski definition) is 4. The van der Waals surface area contributed by atoms with E-state index in [0.717, 1.165) is 6.07 Å². The summed E-state index contributed by atoms with van der Waals surface area (Å²) in [5.74, 6) is -4.98. The predicted molar refractivity (Wildman–Crippen MR) is 80.6 cm³/mol. The molecule has 0 aliphatic heterocycles. The van der Waals surface area contributed by atoms with E-state index in [0.29, 0.717) is 5.39 Å². The Hall–Kier alpha value is -2.34. The van der Waals surface area contributed by atoms with Crippen LogP contribution >= 0.6 is 0 Å². The fourth-order valence-corrected chi connectivity index (χ4v) is 3.24. The monoisotopic (exact) mass is 416 g/mol. The Bertz CT molecular complexity index is 945. The van der Waals surface area contributed by atoms with E-state index in [9.17, 15) is 39.6 Å². The van der Waals surface area contributed by atoms with Crippen LogP contribution in [-0.2, 0) is 14.9 Å². The van der Waals surface area contributed by atoms with Crippen molar-refractivity contribution in [1.82, 2.24) is 0 Å². The Balaban J connectivity index is 2.62. The lowest BCUT2D eigenvalue weighted by Gasteiger charge is -2.35. The van der Waals surface area contributed by atoms with Crippen LogP contribution in [0, 0.1) is 0 Å². The van der Waals surface area contributed by atoms with Crippen molar-refractivity contribution in [2.45, 2.75) is 18.0 Å². The van der Waals surface area contributed by atoms with Crippen LogP contribution in [0.1, 0.15) is 10.4 Å². The molecule has 0 aliphatic carbocycles. The van der Waals surface area contributed by atoms with Crippen LogP contribution in [0.3, 0.4) is 0 Å². The molecule has 148 valence electrons. The summed E-state index contributed by atoms with van der Waals surface area (Å²) in [5.41, 5.74) is -6.08. The van der Waals surface area contributed by atoms with Gasteiger partial charge in [0.2, 0.25) is 0 Å². The van der Waals surface area contributed by atoms with Crippen molar-refractivity contribution in [2.24, 2.45) is 0 Å². The molecule has 0 atom stereocenters. The number of alkyl halides is 6. The summed E-state index contributed by atoms with van der Waals surface area (Å²) in [6.07, 6.45) is -12.7. The minimum Gasteiger partial charge on any atom is -0.435 e. The van der Waals surface area contributed by atoms with Crippen LogP contribution < -0.4 is 0 Å². The average molecular weight is 416 g/mol. The van der Waals surface area contributed by atoms with E-state index in [4.69, 9.17) is 4.55 Å². The highest BCUT2D eigenvalue weighted by Crippen LogP contribution is 2.47. The number of benzene rings is 2. The lowest BCUT2D eigenvalue weighted by atomic mass is 10.0. The van der Waals surface area contributed by atoms with E-state index >= 15 is 0 Å². The molecule has 0 aromatic heterocycles. The number of rotatable bonds is 4. The van der Waals surface area contributed by atoms with Gasteiger partial charge in [0.1, 0.15) is 5.75 Å². The highest BCUT2D eigenvalue weighted by Gasteiger charge is 2.76. The lowest BCUT2D eigenvalue weighted by Crippen LogP contribution is -2.63. The van der Waals surface area contributed by atoms with E-state index in [2.05, 4.69) is 4.74 Å². The van der Waals surface area contributed by atoms with Crippen LogP contribution in [0.2, 0.25) is 0 Å². The number of carbonyl (C=O) groups excluding carboxylic acids is 1. The minimum atomic E-state index is -6.37. The summed E-state index contributed by atoms with van der Waals surface area (Å²) >= 11 is 0. The van der Waals surface area contributed by atoms with Crippen molar-refractivity contribution in [1.29, 1.82) is 0 Å². The van der Waals surface area contributed by atoms with Gasteiger partial charge in [-0.1, -0.05) is 36.4 Å². The summed E-state index contributed by atoms with van der Waals surface area (Å²) < 4.78 is 113. The largest absolute Gasteiger partial charge is 0.438 e. The molecule has 5 nitrogen and oxygen atoms in total. The van der Waals surface area contributed by atoms with E-state index < -0.39 is 45.4 Å². The smallest absolute Gasteiger partial charge is 0.435 e.